The lowest BCUT2D eigenvalue weighted by Gasteiger charge is -2.45. The second kappa shape index (κ2) is 8.02. The van der Waals surface area contributed by atoms with Crippen LogP contribution < -0.4 is 0 Å². The van der Waals surface area contributed by atoms with Gasteiger partial charge in [-0.3, -0.25) is 4.84 Å². The van der Waals surface area contributed by atoms with Crippen LogP contribution in [0.4, 0.5) is 0 Å². The Balaban J connectivity index is 1.79. The van der Waals surface area contributed by atoms with Crippen LogP contribution in [-0.2, 0) is 15.9 Å². The first-order chi connectivity index (χ1) is 14.4. The summed E-state index contributed by atoms with van der Waals surface area (Å²) in [6.07, 6.45) is 2.06. The summed E-state index contributed by atoms with van der Waals surface area (Å²) in [5.74, 6) is 0. The van der Waals surface area contributed by atoms with E-state index in [4.69, 9.17) is 4.84 Å². The summed E-state index contributed by atoms with van der Waals surface area (Å²) < 4.78 is 0. The van der Waals surface area contributed by atoms with Crippen molar-refractivity contribution in [2.24, 2.45) is 0 Å². The van der Waals surface area contributed by atoms with E-state index < -0.39 is 0 Å². The van der Waals surface area contributed by atoms with Crippen molar-refractivity contribution >= 4 is 0 Å². The molecule has 1 unspecified atom stereocenters. The molecule has 0 saturated carbocycles. The van der Waals surface area contributed by atoms with E-state index in [1.165, 1.54) is 27.8 Å². The highest BCUT2D eigenvalue weighted by atomic mass is 16.7. The van der Waals surface area contributed by atoms with Crippen molar-refractivity contribution in [3.8, 4) is 0 Å². The minimum absolute atomic E-state index is 0.0321. The van der Waals surface area contributed by atoms with E-state index in [2.05, 4.69) is 119 Å². The first kappa shape index (κ1) is 20.8. The van der Waals surface area contributed by atoms with Crippen molar-refractivity contribution in [1.29, 1.82) is 0 Å². The van der Waals surface area contributed by atoms with E-state index in [0.29, 0.717) is 0 Å². The molecule has 156 valence electrons. The maximum atomic E-state index is 6.93. The Morgan fingerprint density at radius 1 is 0.700 bits per heavy atom. The van der Waals surface area contributed by atoms with Crippen molar-refractivity contribution < 1.29 is 4.84 Å². The van der Waals surface area contributed by atoms with Crippen LogP contribution >= 0.6 is 0 Å². The average molecular weight is 400 g/mol. The lowest BCUT2D eigenvalue weighted by Crippen LogP contribution is -2.48. The normalized spacial score (nSPS) is 25.4. The molecule has 2 nitrogen and oxygen atoms in total. The third kappa shape index (κ3) is 3.49. The van der Waals surface area contributed by atoms with E-state index in [-0.39, 0.29) is 17.2 Å². The van der Waals surface area contributed by atoms with Crippen LogP contribution in [0.1, 0.15) is 67.5 Å². The number of hydroxylamine groups is 2. The minimum Gasteiger partial charge on any atom is -0.289 e. The third-order valence-electron chi connectivity index (χ3n) is 7.00. The van der Waals surface area contributed by atoms with Gasteiger partial charge in [0.25, 0.3) is 0 Å². The van der Waals surface area contributed by atoms with Gasteiger partial charge < -0.3 is 0 Å². The Morgan fingerprint density at radius 2 is 1.13 bits per heavy atom. The summed E-state index contributed by atoms with van der Waals surface area (Å²) >= 11 is 0. The number of rotatable bonds is 5. The lowest BCUT2D eigenvalue weighted by molar-refractivity contribution is -0.282. The number of nitrogens with zero attached hydrogens (tertiary/aromatic N) is 1. The number of benzene rings is 3. The molecule has 2 heteroatoms. The topological polar surface area (TPSA) is 12.5 Å². The number of aryl methyl sites for hydroxylation is 2. The fourth-order valence-corrected chi connectivity index (χ4v) is 5.26. The molecule has 0 N–H and O–H groups in total. The van der Waals surface area contributed by atoms with Crippen LogP contribution in [0.3, 0.4) is 0 Å². The molecule has 3 aromatic carbocycles. The Hall–Kier alpha value is -2.42. The van der Waals surface area contributed by atoms with Gasteiger partial charge in [-0.15, -0.1) is 0 Å². The lowest BCUT2D eigenvalue weighted by atomic mass is 9.89. The highest BCUT2D eigenvalue weighted by molar-refractivity contribution is 5.36. The maximum Gasteiger partial charge on any atom is 0.102 e. The van der Waals surface area contributed by atoms with E-state index in [1.54, 1.807) is 0 Å². The molecule has 1 aliphatic heterocycles. The standard InChI is InChI=1S/C28H33NO/c1-21-13-12-14-22(2)26(21)23(3)30-29-27(4,24-15-8-6-9-16-24)19-20-28(29,5)25-17-10-7-11-18-25/h6-18,23H,19-20H2,1-5H3/t23?,27-,28-/m0/s1. The van der Waals surface area contributed by atoms with Gasteiger partial charge in [-0.05, 0) is 75.3 Å². The second-order valence-electron chi connectivity index (χ2n) is 9.13. The first-order valence-corrected chi connectivity index (χ1v) is 11.0. The zero-order chi connectivity index (χ0) is 21.4. The monoisotopic (exact) mass is 399 g/mol. The van der Waals surface area contributed by atoms with Gasteiger partial charge in [0.2, 0.25) is 0 Å². The van der Waals surface area contributed by atoms with Gasteiger partial charge in [-0.2, -0.15) is 5.06 Å². The molecule has 1 aliphatic rings. The van der Waals surface area contributed by atoms with Crippen molar-refractivity contribution in [3.63, 3.8) is 0 Å². The molecule has 1 heterocycles. The highest BCUT2D eigenvalue weighted by Crippen LogP contribution is 2.53. The fourth-order valence-electron chi connectivity index (χ4n) is 5.26. The average Bonchev–Trinajstić information content (AvgIpc) is 3.02. The molecule has 30 heavy (non-hydrogen) atoms. The summed E-state index contributed by atoms with van der Waals surface area (Å²) in [5, 5.41) is 2.31. The summed E-state index contributed by atoms with van der Waals surface area (Å²) in [4.78, 5) is 6.93. The predicted octanol–water partition coefficient (Wildman–Crippen LogP) is 7.22. The van der Waals surface area contributed by atoms with E-state index >= 15 is 0 Å². The molecular weight excluding hydrogens is 366 g/mol. The van der Waals surface area contributed by atoms with E-state index in [9.17, 15) is 0 Å². The molecule has 0 radical (unpaired) electrons. The summed E-state index contributed by atoms with van der Waals surface area (Å²) in [5.41, 5.74) is 6.06. The summed E-state index contributed by atoms with van der Waals surface area (Å²) in [7, 11) is 0. The van der Waals surface area contributed by atoms with Crippen molar-refractivity contribution in [2.75, 3.05) is 0 Å². The maximum absolute atomic E-state index is 6.93. The Morgan fingerprint density at radius 3 is 1.57 bits per heavy atom. The van der Waals surface area contributed by atoms with Gasteiger partial charge in [-0.1, -0.05) is 78.9 Å². The fraction of sp³-hybridized carbons (Fsp3) is 0.357. The quantitative estimate of drug-likeness (QED) is 0.449. The van der Waals surface area contributed by atoms with Crippen LogP contribution in [0.25, 0.3) is 0 Å². The molecule has 0 aromatic heterocycles. The van der Waals surface area contributed by atoms with Gasteiger partial charge >= 0.3 is 0 Å². The molecule has 1 fully saturated rings. The van der Waals surface area contributed by atoms with Crippen molar-refractivity contribution in [2.45, 2.75) is 64.6 Å². The molecule has 0 aliphatic carbocycles. The smallest absolute Gasteiger partial charge is 0.102 e. The summed E-state index contributed by atoms with van der Waals surface area (Å²) in [6, 6.07) is 28.1. The van der Waals surface area contributed by atoms with E-state index in [1.807, 2.05) is 0 Å². The largest absolute Gasteiger partial charge is 0.289 e. The zero-order valence-electron chi connectivity index (χ0n) is 18.9. The molecule has 0 spiro atoms. The Kier molecular flexibility index (Phi) is 5.57. The van der Waals surface area contributed by atoms with Gasteiger partial charge in [-0.25, -0.2) is 0 Å². The number of hydrogen-bond donors (Lipinski definition) is 0. The van der Waals surface area contributed by atoms with Gasteiger partial charge in [0, 0.05) is 0 Å². The second-order valence-corrected chi connectivity index (χ2v) is 9.13. The third-order valence-corrected chi connectivity index (χ3v) is 7.00. The molecule has 0 bridgehead atoms. The van der Waals surface area contributed by atoms with Crippen LogP contribution in [0.2, 0.25) is 0 Å². The molecule has 3 atom stereocenters. The van der Waals surface area contributed by atoms with Crippen LogP contribution in [0.5, 0.6) is 0 Å². The van der Waals surface area contributed by atoms with Crippen LogP contribution in [0, 0.1) is 13.8 Å². The van der Waals surface area contributed by atoms with E-state index in [0.717, 1.165) is 12.8 Å². The van der Waals surface area contributed by atoms with Gasteiger partial charge in [0.15, 0.2) is 0 Å². The Bertz CT molecular complexity index is 926. The SMILES string of the molecule is Cc1cccc(C)c1C(C)ON1[C@](C)(c2ccccc2)CC[C@@]1(C)c1ccccc1. The minimum atomic E-state index is -0.198. The van der Waals surface area contributed by atoms with Crippen LogP contribution in [0.15, 0.2) is 78.9 Å². The van der Waals surface area contributed by atoms with Crippen molar-refractivity contribution in [1.82, 2.24) is 5.06 Å². The zero-order valence-corrected chi connectivity index (χ0v) is 18.9. The highest BCUT2D eigenvalue weighted by Gasteiger charge is 2.53. The molecule has 1 saturated heterocycles. The Labute approximate surface area is 181 Å². The first-order valence-electron chi connectivity index (χ1n) is 11.0. The molecular formula is C28H33NO. The van der Waals surface area contributed by atoms with Gasteiger partial charge in [0.1, 0.15) is 6.10 Å². The molecule has 4 rings (SSSR count). The summed E-state index contributed by atoms with van der Waals surface area (Å²) in [6.45, 7) is 11.2. The molecule has 3 aromatic rings. The number of hydrogen-bond acceptors (Lipinski definition) is 2. The predicted molar refractivity (Wildman–Crippen MR) is 124 cm³/mol. The van der Waals surface area contributed by atoms with Gasteiger partial charge in [0.05, 0.1) is 11.1 Å². The van der Waals surface area contributed by atoms with Crippen LogP contribution in [-0.4, -0.2) is 5.06 Å². The molecule has 0 amide bonds. The van der Waals surface area contributed by atoms with Crippen molar-refractivity contribution in [3.05, 3.63) is 107 Å².